The molecule has 9 heteroatoms. The van der Waals surface area contributed by atoms with Crippen LogP contribution in [0.3, 0.4) is 0 Å². The van der Waals surface area contributed by atoms with Gasteiger partial charge in [-0.1, -0.05) is 38.1 Å². The maximum absolute atomic E-state index is 13.4. The monoisotopic (exact) mass is 651 g/mol. The Morgan fingerprint density at radius 3 is 2.28 bits per heavy atom. The first-order valence-electron chi connectivity index (χ1n) is 16.5. The summed E-state index contributed by atoms with van der Waals surface area (Å²) in [6.45, 7) is 19.3. The Balaban J connectivity index is 1.54. The molecule has 3 heterocycles. The minimum absolute atomic E-state index is 0.201. The van der Waals surface area contributed by atoms with Crippen LogP contribution in [0.15, 0.2) is 36.4 Å². The first-order chi connectivity index (χ1) is 21.8. The van der Waals surface area contributed by atoms with Crippen molar-refractivity contribution in [1.29, 1.82) is 0 Å². The standard InChI is InChI=1S/C38H48F3N3O3/c1-23-9-12-30(38(39,40)41)20-29(23)22-43-16-13-26-19-27(10-11-28(26)21-43)31-24(2)42-25(3)32(34(35(45)46)47-36(4,5)6)33(31)44-17-14-37(7,8)15-18-44/h9-12,19-20,34H,13-18,21-22H2,1-8H3,(H,45,46)/t34-/m0/s1. The van der Waals surface area contributed by atoms with Gasteiger partial charge >= 0.3 is 12.1 Å². The van der Waals surface area contributed by atoms with Crippen molar-refractivity contribution >= 4 is 11.7 Å². The minimum Gasteiger partial charge on any atom is -0.479 e. The van der Waals surface area contributed by atoms with Gasteiger partial charge < -0.3 is 14.7 Å². The zero-order chi connectivity index (χ0) is 34.5. The zero-order valence-corrected chi connectivity index (χ0v) is 28.9. The smallest absolute Gasteiger partial charge is 0.416 e. The third kappa shape index (κ3) is 7.83. The molecule has 254 valence electrons. The number of carboxylic acids is 1. The Morgan fingerprint density at radius 1 is 0.979 bits per heavy atom. The molecular weight excluding hydrogens is 603 g/mol. The number of aryl methyl sites for hydroxylation is 3. The van der Waals surface area contributed by atoms with Gasteiger partial charge in [-0.3, -0.25) is 9.88 Å². The molecule has 0 radical (unpaired) electrons. The third-order valence-corrected chi connectivity index (χ3v) is 9.63. The fourth-order valence-corrected chi connectivity index (χ4v) is 6.92. The van der Waals surface area contributed by atoms with Crippen LogP contribution >= 0.6 is 0 Å². The molecule has 0 amide bonds. The van der Waals surface area contributed by atoms with Crippen molar-refractivity contribution in [3.05, 3.63) is 81.2 Å². The summed E-state index contributed by atoms with van der Waals surface area (Å²) in [4.78, 5) is 22.3. The first-order valence-corrected chi connectivity index (χ1v) is 16.5. The van der Waals surface area contributed by atoms with Crippen LogP contribution in [0.4, 0.5) is 18.9 Å². The predicted molar refractivity (Wildman–Crippen MR) is 180 cm³/mol. The van der Waals surface area contributed by atoms with Crippen molar-refractivity contribution in [2.45, 2.75) is 106 Å². The number of rotatable bonds is 7. The number of hydrogen-bond donors (Lipinski definition) is 1. The van der Waals surface area contributed by atoms with Crippen molar-refractivity contribution < 1.29 is 27.8 Å². The lowest BCUT2D eigenvalue weighted by molar-refractivity contribution is -0.160. The number of hydrogen-bond acceptors (Lipinski definition) is 5. The van der Waals surface area contributed by atoms with Gasteiger partial charge in [0.2, 0.25) is 0 Å². The third-order valence-electron chi connectivity index (χ3n) is 9.63. The zero-order valence-electron chi connectivity index (χ0n) is 28.9. The maximum Gasteiger partial charge on any atom is 0.416 e. The summed E-state index contributed by atoms with van der Waals surface area (Å²) in [6, 6.07) is 10.4. The van der Waals surface area contributed by atoms with Gasteiger partial charge in [0.25, 0.3) is 0 Å². The molecule has 0 unspecified atom stereocenters. The number of fused-ring (bicyclic) bond motifs is 1. The Kier molecular flexibility index (Phi) is 9.56. The minimum atomic E-state index is -4.37. The number of anilines is 1. The molecule has 1 atom stereocenters. The van der Waals surface area contributed by atoms with E-state index in [2.05, 4.69) is 41.8 Å². The molecular formula is C38H48F3N3O3. The van der Waals surface area contributed by atoms with Gasteiger partial charge in [-0.05, 0) is 106 Å². The van der Waals surface area contributed by atoms with E-state index in [1.807, 2.05) is 41.5 Å². The second-order valence-electron chi connectivity index (χ2n) is 15.1. The molecule has 3 aromatic rings. The van der Waals surface area contributed by atoms with Gasteiger partial charge in [0, 0.05) is 55.2 Å². The molecule has 2 aromatic carbocycles. The summed E-state index contributed by atoms with van der Waals surface area (Å²) in [5, 5.41) is 10.5. The molecule has 2 aliphatic heterocycles. The number of piperidine rings is 1. The van der Waals surface area contributed by atoms with Crippen LogP contribution in [-0.2, 0) is 35.2 Å². The van der Waals surface area contributed by atoms with E-state index in [4.69, 9.17) is 9.72 Å². The Morgan fingerprint density at radius 2 is 1.66 bits per heavy atom. The largest absolute Gasteiger partial charge is 0.479 e. The lowest BCUT2D eigenvalue weighted by Gasteiger charge is -2.41. The van der Waals surface area contributed by atoms with Crippen molar-refractivity contribution in [2.24, 2.45) is 5.41 Å². The van der Waals surface area contributed by atoms with E-state index in [0.717, 1.165) is 78.6 Å². The number of carboxylic acid groups (broad SMARTS) is 1. The van der Waals surface area contributed by atoms with Crippen LogP contribution in [0.1, 0.15) is 98.3 Å². The molecule has 5 rings (SSSR count). The highest BCUT2D eigenvalue weighted by atomic mass is 19.4. The van der Waals surface area contributed by atoms with Gasteiger partial charge in [-0.15, -0.1) is 0 Å². The maximum atomic E-state index is 13.4. The molecule has 0 aliphatic carbocycles. The highest BCUT2D eigenvalue weighted by Gasteiger charge is 2.37. The average Bonchev–Trinajstić information content (AvgIpc) is 2.96. The van der Waals surface area contributed by atoms with Crippen molar-refractivity contribution in [1.82, 2.24) is 9.88 Å². The molecule has 47 heavy (non-hydrogen) atoms. The molecule has 1 fully saturated rings. The van der Waals surface area contributed by atoms with E-state index in [9.17, 15) is 23.1 Å². The number of benzene rings is 2. The lowest BCUT2D eigenvalue weighted by atomic mass is 9.81. The second kappa shape index (κ2) is 12.9. The second-order valence-corrected chi connectivity index (χ2v) is 15.1. The lowest BCUT2D eigenvalue weighted by Crippen LogP contribution is -2.39. The number of aromatic nitrogens is 1. The number of pyridine rings is 1. The topological polar surface area (TPSA) is 65.9 Å². The van der Waals surface area contributed by atoms with Gasteiger partial charge in [-0.2, -0.15) is 13.2 Å². The molecule has 0 spiro atoms. The SMILES string of the molecule is Cc1ccc(C(F)(F)F)cc1CN1CCc2cc(-c3c(C)nc(C)c([C@H](OC(C)(C)C)C(=O)O)c3N3CCC(C)(C)CC3)ccc2C1. The van der Waals surface area contributed by atoms with E-state index < -0.39 is 29.4 Å². The highest BCUT2D eigenvalue weighted by Crippen LogP contribution is 2.45. The first kappa shape index (κ1) is 34.9. The number of nitrogens with zero attached hydrogens (tertiary/aromatic N) is 3. The quantitative estimate of drug-likeness (QED) is 0.276. The van der Waals surface area contributed by atoms with Crippen LogP contribution in [0.25, 0.3) is 11.1 Å². The Hall–Kier alpha value is -3.43. The number of halogens is 3. The summed E-state index contributed by atoms with van der Waals surface area (Å²) in [7, 11) is 0. The molecule has 1 N–H and O–H groups in total. The van der Waals surface area contributed by atoms with E-state index in [1.54, 1.807) is 6.07 Å². The van der Waals surface area contributed by atoms with Crippen LogP contribution in [-0.4, -0.2) is 46.2 Å². The predicted octanol–water partition coefficient (Wildman–Crippen LogP) is 8.82. The van der Waals surface area contributed by atoms with E-state index >= 15 is 0 Å². The van der Waals surface area contributed by atoms with E-state index in [-0.39, 0.29) is 5.41 Å². The Bertz CT molecular complexity index is 1650. The average molecular weight is 652 g/mol. The van der Waals surface area contributed by atoms with Crippen molar-refractivity contribution in [3.8, 4) is 11.1 Å². The van der Waals surface area contributed by atoms with Crippen LogP contribution < -0.4 is 4.90 Å². The molecule has 0 bridgehead atoms. The molecule has 2 aliphatic rings. The van der Waals surface area contributed by atoms with Gasteiger partial charge in [0.05, 0.1) is 16.9 Å². The number of carbonyl (C=O) groups is 1. The number of aliphatic carboxylic acids is 1. The summed E-state index contributed by atoms with van der Waals surface area (Å²) >= 11 is 0. The van der Waals surface area contributed by atoms with Gasteiger partial charge in [-0.25, -0.2) is 4.79 Å². The van der Waals surface area contributed by atoms with Gasteiger partial charge in [0.1, 0.15) is 0 Å². The number of alkyl halides is 3. The summed E-state index contributed by atoms with van der Waals surface area (Å²) in [6.07, 6.45) is -2.84. The van der Waals surface area contributed by atoms with E-state index in [0.29, 0.717) is 29.9 Å². The van der Waals surface area contributed by atoms with Gasteiger partial charge in [0.15, 0.2) is 6.10 Å². The van der Waals surface area contributed by atoms with Crippen molar-refractivity contribution in [2.75, 3.05) is 24.5 Å². The molecule has 1 saturated heterocycles. The van der Waals surface area contributed by atoms with Crippen LogP contribution in [0.5, 0.6) is 0 Å². The molecule has 1 aromatic heterocycles. The normalized spacial score (nSPS) is 17.8. The summed E-state index contributed by atoms with van der Waals surface area (Å²) in [5.41, 5.74) is 7.66. The molecule has 6 nitrogen and oxygen atoms in total. The Labute approximate surface area is 277 Å². The molecule has 0 saturated carbocycles. The summed E-state index contributed by atoms with van der Waals surface area (Å²) in [5.74, 6) is -1.04. The summed E-state index contributed by atoms with van der Waals surface area (Å²) < 4.78 is 46.4. The van der Waals surface area contributed by atoms with E-state index in [1.165, 1.54) is 11.6 Å². The van der Waals surface area contributed by atoms with Crippen LogP contribution in [0, 0.1) is 26.2 Å². The fourth-order valence-electron chi connectivity index (χ4n) is 6.92. The fraction of sp³-hybridized carbons (Fsp3) is 0.526. The van der Waals surface area contributed by atoms with Crippen LogP contribution in [0.2, 0.25) is 0 Å². The number of ether oxygens (including phenoxy) is 1. The van der Waals surface area contributed by atoms with Crippen molar-refractivity contribution in [3.63, 3.8) is 0 Å². The highest BCUT2D eigenvalue weighted by molar-refractivity contribution is 5.88.